The lowest BCUT2D eigenvalue weighted by Gasteiger charge is -2.15. The summed E-state index contributed by atoms with van der Waals surface area (Å²) < 4.78 is 6.08. The van der Waals surface area contributed by atoms with Crippen molar-refractivity contribution in [2.75, 3.05) is 7.05 Å². The van der Waals surface area contributed by atoms with Crippen LogP contribution in [0, 0.1) is 20.8 Å². The van der Waals surface area contributed by atoms with Crippen molar-refractivity contribution in [1.82, 2.24) is 5.32 Å². The molecule has 0 saturated heterocycles. The Morgan fingerprint density at radius 2 is 1.65 bits per heavy atom. The minimum absolute atomic E-state index is 0.744. The van der Waals surface area contributed by atoms with Crippen LogP contribution >= 0.6 is 11.6 Å². The summed E-state index contributed by atoms with van der Waals surface area (Å²) in [4.78, 5) is 0. The molecular weight excluding hydrogens is 270 g/mol. The molecular formula is C17H20ClNO. The van der Waals surface area contributed by atoms with Gasteiger partial charge in [-0.15, -0.1) is 0 Å². The van der Waals surface area contributed by atoms with Crippen molar-refractivity contribution in [3.63, 3.8) is 0 Å². The van der Waals surface area contributed by atoms with Gasteiger partial charge in [0.1, 0.15) is 11.5 Å². The highest BCUT2D eigenvalue weighted by Gasteiger charge is 2.09. The summed E-state index contributed by atoms with van der Waals surface area (Å²) in [6.07, 6.45) is 0. The molecule has 1 N–H and O–H groups in total. The summed E-state index contributed by atoms with van der Waals surface area (Å²) in [5.41, 5.74) is 4.48. The first-order chi connectivity index (χ1) is 9.51. The van der Waals surface area contributed by atoms with Gasteiger partial charge in [0.05, 0.1) is 0 Å². The molecule has 3 heteroatoms. The van der Waals surface area contributed by atoms with Crippen molar-refractivity contribution in [3.05, 3.63) is 57.6 Å². The van der Waals surface area contributed by atoms with Gasteiger partial charge in [0.2, 0.25) is 0 Å². The summed E-state index contributed by atoms with van der Waals surface area (Å²) >= 11 is 6.05. The molecule has 0 atom stereocenters. The van der Waals surface area contributed by atoms with Crippen LogP contribution in [0.1, 0.15) is 22.3 Å². The van der Waals surface area contributed by atoms with Crippen molar-refractivity contribution in [2.45, 2.75) is 27.3 Å². The molecule has 2 nitrogen and oxygen atoms in total. The van der Waals surface area contributed by atoms with Gasteiger partial charge in [-0.25, -0.2) is 0 Å². The Balaban J connectivity index is 2.31. The molecule has 106 valence electrons. The SMILES string of the molecule is CNCc1ccc(Oc2c(C)cc(Cl)cc2C)c(C)c1. The van der Waals surface area contributed by atoms with Gasteiger partial charge in [-0.1, -0.05) is 23.7 Å². The minimum atomic E-state index is 0.744. The number of hydrogen-bond donors (Lipinski definition) is 1. The van der Waals surface area contributed by atoms with Crippen molar-refractivity contribution in [3.8, 4) is 11.5 Å². The van der Waals surface area contributed by atoms with E-state index in [0.717, 1.165) is 39.8 Å². The van der Waals surface area contributed by atoms with E-state index in [1.54, 1.807) is 0 Å². The Kier molecular flexibility index (Phi) is 4.69. The average molecular weight is 290 g/mol. The van der Waals surface area contributed by atoms with Gasteiger partial charge in [-0.3, -0.25) is 0 Å². The van der Waals surface area contributed by atoms with E-state index in [1.807, 2.05) is 39.1 Å². The number of rotatable bonds is 4. The zero-order valence-corrected chi connectivity index (χ0v) is 13.1. The predicted octanol–water partition coefficient (Wildman–Crippen LogP) is 4.78. The van der Waals surface area contributed by atoms with E-state index < -0.39 is 0 Å². The smallest absolute Gasteiger partial charge is 0.133 e. The zero-order valence-electron chi connectivity index (χ0n) is 12.4. The summed E-state index contributed by atoms with van der Waals surface area (Å²) in [5.74, 6) is 1.78. The molecule has 0 fully saturated rings. The number of ether oxygens (including phenoxy) is 1. The normalized spacial score (nSPS) is 10.7. The highest BCUT2D eigenvalue weighted by molar-refractivity contribution is 6.30. The van der Waals surface area contributed by atoms with E-state index in [0.29, 0.717) is 0 Å². The molecule has 20 heavy (non-hydrogen) atoms. The Hall–Kier alpha value is -1.51. The summed E-state index contributed by atoms with van der Waals surface area (Å²) in [6.45, 7) is 6.95. The van der Waals surface area contributed by atoms with Crippen LogP contribution in [0.25, 0.3) is 0 Å². The van der Waals surface area contributed by atoms with Crippen LogP contribution in [-0.4, -0.2) is 7.05 Å². The van der Waals surface area contributed by atoms with Crippen LogP contribution in [0.3, 0.4) is 0 Å². The van der Waals surface area contributed by atoms with Crippen LogP contribution in [0.2, 0.25) is 5.02 Å². The van der Waals surface area contributed by atoms with Gasteiger partial charge in [-0.05, 0) is 68.3 Å². The Morgan fingerprint density at radius 3 is 2.20 bits per heavy atom. The fraction of sp³-hybridized carbons (Fsp3) is 0.294. The minimum Gasteiger partial charge on any atom is -0.457 e. The summed E-state index contributed by atoms with van der Waals surface area (Å²) in [7, 11) is 1.94. The van der Waals surface area contributed by atoms with E-state index >= 15 is 0 Å². The molecule has 0 radical (unpaired) electrons. The van der Waals surface area contributed by atoms with Crippen molar-refractivity contribution >= 4 is 11.6 Å². The number of hydrogen-bond acceptors (Lipinski definition) is 2. The van der Waals surface area contributed by atoms with Crippen LogP contribution in [0.5, 0.6) is 11.5 Å². The highest BCUT2D eigenvalue weighted by atomic mass is 35.5. The molecule has 0 aromatic heterocycles. The van der Waals surface area contributed by atoms with Crippen molar-refractivity contribution < 1.29 is 4.74 Å². The van der Waals surface area contributed by atoms with Crippen LogP contribution < -0.4 is 10.1 Å². The molecule has 0 aliphatic heterocycles. The van der Waals surface area contributed by atoms with Crippen molar-refractivity contribution in [1.29, 1.82) is 0 Å². The molecule has 2 aromatic carbocycles. The summed E-state index contributed by atoms with van der Waals surface area (Å²) in [6, 6.07) is 10.1. The Morgan fingerprint density at radius 1 is 1.00 bits per heavy atom. The van der Waals surface area contributed by atoms with E-state index in [4.69, 9.17) is 16.3 Å². The lowest BCUT2D eigenvalue weighted by Crippen LogP contribution is -2.05. The summed E-state index contributed by atoms with van der Waals surface area (Å²) in [5, 5.41) is 3.89. The fourth-order valence-corrected chi connectivity index (χ4v) is 2.64. The second-order valence-electron chi connectivity index (χ2n) is 5.10. The van der Waals surface area contributed by atoms with Gasteiger partial charge in [0.15, 0.2) is 0 Å². The zero-order chi connectivity index (χ0) is 14.7. The van der Waals surface area contributed by atoms with Crippen LogP contribution in [-0.2, 0) is 6.54 Å². The maximum atomic E-state index is 6.08. The molecule has 0 bridgehead atoms. The standard InChI is InChI=1S/C17H20ClNO/c1-11-7-14(10-19-4)5-6-16(11)20-17-12(2)8-15(18)9-13(17)3/h5-9,19H,10H2,1-4H3. The Bertz CT molecular complexity index is 599. The second kappa shape index (κ2) is 6.29. The van der Waals surface area contributed by atoms with Crippen LogP contribution in [0.4, 0.5) is 0 Å². The number of benzene rings is 2. The first-order valence-electron chi connectivity index (χ1n) is 6.70. The fourth-order valence-electron chi connectivity index (χ4n) is 2.31. The molecule has 0 amide bonds. The highest BCUT2D eigenvalue weighted by Crippen LogP contribution is 2.33. The van der Waals surface area contributed by atoms with Crippen molar-refractivity contribution in [2.24, 2.45) is 0 Å². The third kappa shape index (κ3) is 3.33. The predicted molar refractivity (Wildman–Crippen MR) is 84.9 cm³/mol. The number of nitrogens with one attached hydrogen (secondary N) is 1. The molecule has 0 aliphatic carbocycles. The molecule has 0 spiro atoms. The lowest BCUT2D eigenvalue weighted by molar-refractivity contribution is 0.471. The first kappa shape index (κ1) is 14.9. The maximum absolute atomic E-state index is 6.08. The average Bonchev–Trinajstić information content (AvgIpc) is 2.36. The molecule has 0 heterocycles. The first-order valence-corrected chi connectivity index (χ1v) is 7.08. The molecule has 2 rings (SSSR count). The molecule has 2 aromatic rings. The van der Waals surface area contributed by atoms with Crippen LogP contribution in [0.15, 0.2) is 30.3 Å². The maximum Gasteiger partial charge on any atom is 0.133 e. The Labute approximate surface area is 125 Å². The monoisotopic (exact) mass is 289 g/mol. The third-order valence-corrected chi connectivity index (χ3v) is 3.48. The quantitative estimate of drug-likeness (QED) is 0.875. The van der Waals surface area contributed by atoms with Gasteiger partial charge >= 0.3 is 0 Å². The number of halogens is 1. The molecule has 0 aliphatic rings. The van der Waals surface area contributed by atoms with Gasteiger partial charge in [0.25, 0.3) is 0 Å². The van der Waals surface area contributed by atoms with E-state index in [9.17, 15) is 0 Å². The van der Waals surface area contributed by atoms with Gasteiger partial charge < -0.3 is 10.1 Å². The van der Waals surface area contributed by atoms with Gasteiger partial charge in [0, 0.05) is 11.6 Å². The molecule has 0 unspecified atom stereocenters. The van der Waals surface area contributed by atoms with Gasteiger partial charge in [-0.2, -0.15) is 0 Å². The van der Waals surface area contributed by atoms with E-state index in [1.165, 1.54) is 5.56 Å². The van der Waals surface area contributed by atoms with E-state index in [2.05, 4.69) is 24.4 Å². The second-order valence-corrected chi connectivity index (χ2v) is 5.54. The lowest BCUT2D eigenvalue weighted by atomic mass is 10.1. The topological polar surface area (TPSA) is 21.3 Å². The largest absolute Gasteiger partial charge is 0.457 e. The van der Waals surface area contributed by atoms with E-state index in [-0.39, 0.29) is 0 Å². The number of aryl methyl sites for hydroxylation is 3. The molecule has 0 saturated carbocycles. The third-order valence-electron chi connectivity index (χ3n) is 3.26.